The molecule has 1 N–H and O–H groups in total. The minimum absolute atomic E-state index is 0.0105. The van der Waals surface area contributed by atoms with Crippen molar-refractivity contribution in [2.75, 3.05) is 18.4 Å². The summed E-state index contributed by atoms with van der Waals surface area (Å²) in [5.41, 5.74) is 1.07. The fraction of sp³-hybridized carbons (Fsp3) is 0.533. The molecule has 0 aliphatic carbocycles. The van der Waals surface area contributed by atoms with Crippen molar-refractivity contribution in [2.45, 2.75) is 33.4 Å². The largest absolute Gasteiger partial charge is 0.312 e. The summed E-state index contributed by atoms with van der Waals surface area (Å²) in [5.74, 6) is -0.0220. The van der Waals surface area contributed by atoms with Crippen molar-refractivity contribution in [3.05, 3.63) is 33.1 Å². The van der Waals surface area contributed by atoms with Gasteiger partial charge in [-0.1, -0.05) is 0 Å². The number of piperidine rings is 1. The summed E-state index contributed by atoms with van der Waals surface area (Å²) in [5, 5.41) is 20.7. The first-order chi connectivity index (χ1) is 12.0. The van der Waals surface area contributed by atoms with Crippen molar-refractivity contribution in [1.29, 1.82) is 0 Å². The van der Waals surface area contributed by atoms with Crippen LogP contribution >= 0.6 is 11.3 Å². The fourth-order valence-electron chi connectivity index (χ4n) is 3.11. The first kappa shape index (κ1) is 17.5. The zero-order valence-corrected chi connectivity index (χ0v) is 15.0. The lowest BCUT2D eigenvalue weighted by molar-refractivity contribution is -0.386. The Balaban J connectivity index is 1.55. The monoisotopic (exact) mass is 364 g/mol. The molecule has 9 nitrogen and oxygen atoms in total. The number of aryl methyl sites for hydroxylation is 1. The molecule has 2 aromatic heterocycles. The Morgan fingerprint density at radius 2 is 2.16 bits per heavy atom. The standard InChI is InChI=1S/C15H20N6O3S/c1-10-13(21(23)24)11(2)20(18-10)9-19-6-3-12(4-7-19)14(22)17-15-16-5-8-25-15/h5,8,12H,3-4,6-7,9H2,1-2H3,(H,16,17,22). The van der Waals surface area contributed by atoms with Crippen molar-refractivity contribution < 1.29 is 9.72 Å². The van der Waals surface area contributed by atoms with Gasteiger partial charge in [-0.3, -0.25) is 19.8 Å². The van der Waals surface area contributed by atoms with E-state index in [4.69, 9.17) is 0 Å². The third-order valence-electron chi connectivity index (χ3n) is 4.48. The quantitative estimate of drug-likeness (QED) is 0.644. The number of carbonyl (C=O) groups excluding carboxylic acids is 1. The lowest BCUT2D eigenvalue weighted by atomic mass is 9.96. The third kappa shape index (κ3) is 3.85. The Morgan fingerprint density at radius 1 is 1.44 bits per heavy atom. The number of thiazole rings is 1. The van der Waals surface area contributed by atoms with E-state index in [2.05, 4.69) is 20.3 Å². The molecule has 1 fully saturated rings. The van der Waals surface area contributed by atoms with E-state index < -0.39 is 0 Å². The lowest BCUT2D eigenvalue weighted by Gasteiger charge is -2.31. The van der Waals surface area contributed by atoms with Gasteiger partial charge in [-0.05, 0) is 26.7 Å². The summed E-state index contributed by atoms with van der Waals surface area (Å²) in [6, 6.07) is 0. The number of hydrogen-bond donors (Lipinski definition) is 1. The molecule has 0 saturated carbocycles. The van der Waals surface area contributed by atoms with Gasteiger partial charge in [0.05, 0.1) is 11.6 Å². The molecule has 1 aliphatic rings. The molecular formula is C15H20N6O3S. The van der Waals surface area contributed by atoms with E-state index in [0.29, 0.717) is 23.2 Å². The first-order valence-electron chi connectivity index (χ1n) is 8.07. The molecule has 2 aromatic rings. The molecule has 0 atom stereocenters. The van der Waals surface area contributed by atoms with Crippen LogP contribution < -0.4 is 5.32 Å². The highest BCUT2D eigenvalue weighted by atomic mass is 32.1. The number of anilines is 1. The van der Waals surface area contributed by atoms with Crippen LogP contribution in [0.15, 0.2) is 11.6 Å². The van der Waals surface area contributed by atoms with Gasteiger partial charge in [0.15, 0.2) is 5.13 Å². The smallest absolute Gasteiger partial charge is 0.302 e. The van der Waals surface area contributed by atoms with Gasteiger partial charge >= 0.3 is 5.69 Å². The lowest BCUT2D eigenvalue weighted by Crippen LogP contribution is -2.39. The van der Waals surface area contributed by atoms with Crippen LogP contribution in [0.2, 0.25) is 0 Å². The number of carbonyl (C=O) groups is 1. The van der Waals surface area contributed by atoms with Gasteiger partial charge in [0.25, 0.3) is 0 Å². The molecule has 10 heteroatoms. The maximum absolute atomic E-state index is 12.3. The Bertz CT molecular complexity index is 765. The van der Waals surface area contributed by atoms with Crippen molar-refractivity contribution in [1.82, 2.24) is 19.7 Å². The van der Waals surface area contributed by atoms with Gasteiger partial charge in [-0.2, -0.15) is 5.10 Å². The highest BCUT2D eigenvalue weighted by Gasteiger charge is 2.27. The van der Waals surface area contributed by atoms with Gasteiger partial charge in [0.2, 0.25) is 5.91 Å². The average molecular weight is 364 g/mol. The molecular weight excluding hydrogens is 344 g/mol. The van der Waals surface area contributed by atoms with E-state index in [1.807, 2.05) is 5.38 Å². The van der Waals surface area contributed by atoms with Crippen molar-refractivity contribution in [3.63, 3.8) is 0 Å². The highest BCUT2D eigenvalue weighted by Crippen LogP contribution is 2.24. The van der Waals surface area contributed by atoms with E-state index in [-0.39, 0.29) is 22.4 Å². The van der Waals surface area contributed by atoms with Crippen molar-refractivity contribution in [2.24, 2.45) is 5.92 Å². The number of hydrogen-bond acceptors (Lipinski definition) is 7. The molecule has 3 rings (SSSR count). The summed E-state index contributed by atoms with van der Waals surface area (Å²) in [6.45, 7) is 5.37. The zero-order valence-electron chi connectivity index (χ0n) is 14.1. The van der Waals surface area contributed by atoms with E-state index in [0.717, 1.165) is 25.9 Å². The maximum atomic E-state index is 12.3. The van der Waals surface area contributed by atoms with Crippen LogP contribution in [0.1, 0.15) is 24.2 Å². The molecule has 0 unspecified atom stereocenters. The molecule has 3 heterocycles. The second-order valence-corrected chi connectivity index (χ2v) is 7.03. The summed E-state index contributed by atoms with van der Waals surface area (Å²) >= 11 is 1.41. The van der Waals surface area contributed by atoms with E-state index >= 15 is 0 Å². The summed E-state index contributed by atoms with van der Waals surface area (Å²) < 4.78 is 1.67. The summed E-state index contributed by atoms with van der Waals surface area (Å²) in [4.78, 5) is 29.2. The molecule has 25 heavy (non-hydrogen) atoms. The second kappa shape index (κ2) is 7.28. The first-order valence-corrected chi connectivity index (χ1v) is 8.94. The van der Waals surface area contributed by atoms with Crippen LogP contribution in [-0.4, -0.2) is 43.6 Å². The molecule has 0 spiro atoms. The predicted octanol–water partition coefficient (Wildman–Crippen LogP) is 2.17. The average Bonchev–Trinajstić information content (AvgIpc) is 3.16. The SMILES string of the molecule is Cc1nn(CN2CCC(C(=O)Nc3nccs3)CC2)c(C)c1[N+](=O)[O-]. The number of nitrogens with zero attached hydrogens (tertiary/aromatic N) is 5. The van der Waals surface area contributed by atoms with Crippen LogP contribution in [0.4, 0.5) is 10.8 Å². The number of aromatic nitrogens is 3. The molecule has 0 bridgehead atoms. The number of rotatable bonds is 5. The van der Waals surface area contributed by atoms with Gasteiger partial charge in [-0.15, -0.1) is 11.3 Å². The minimum Gasteiger partial charge on any atom is -0.302 e. The molecule has 0 radical (unpaired) electrons. The highest BCUT2D eigenvalue weighted by molar-refractivity contribution is 7.13. The second-order valence-electron chi connectivity index (χ2n) is 6.14. The minimum atomic E-state index is -0.386. The van der Waals surface area contributed by atoms with Gasteiger partial charge in [0, 0.05) is 30.6 Å². The van der Waals surface area contributed by atoms with Crippen LogP contribution in [0.5, 0.6) is 0 Å². The van der Waals surface area contributed by atoms with Crippen molar-refractivity contribution in [3.8, 4) is 0 Å². The third-order valence-corrected chi connectivity index (χ3v) is 5.17. The van der Waals surface area contributed by atoms with Crippen molar-refractivity contribution >= 4 is 28.1 Å². The Kier molecular flexibility index (Phi) is 5.09. The van der Waals surface area contributed by atoms with Crippen LogP contribution in [0.3, 0.4) is 0 Å². The molecule has 1 amide bonds. The molecule has 134 valence electrons. The van der Waals surface area contributed by atoms with E-state index in [1.54, 1.807) is 24.7 Å². The van der Waals surface area contributed by atoms with E-state index in [9.17, 15) is 14.9 Å². The van der Waals surface area contributed by atoms with Crippen LogP contribution in [0.25, 0.3) is 0 Å². The molecule has 1 saturated heterocycles. The maximum Gasteiger partial charge on any atom is 0.312 e. The van der Waals surface area contributed by atoms with Gasteiger partial charge in [0.1, 0.15) is 11.4 Å². The van der Waals surface area contributed by atoms with Crippen LogP contribution in [-0.2, 0) is 11.5 Å². The van der Waals surface area contributed by atoms with Crippen LogP contribution in [0, 0.1) is 29.9 Å². The molecule has 1 aliphatic heterocycles. The van der Waals surface area contributed by atoms with Gasteiger partial charge < -0.3 is 5.32 Å². The Labute approximate surface area is 148 Å². The number of nitrogens with one attached hydrogen (secondary N) is 1. The summed E-state index contributed by atoms with van der Waals surface area (Å²) in [7, 11) is 0. The number of amides is 1. The number of nitro groups is 1. The normalized spacial score (nSPS) is 16.1. The molecule has 0 aromatic carbocycles. The Hall–Kier alpha value is -2.33. The zero-order chi connectivity index (χ0) is 18.0. The summed E-state index contributed by atoms with van der Waals surface area (Å²) in [6.07, 6.45) is 3.16. The topological polar surface area (TPSA) is 106 Å². The Morgan fingerprint density at radius 3 is 2.72 bits per heavy atom. The van der Waals surface area contributed by atoms with Gasteiger partial charge in [-0.25, -0.2) is 9.67 Å². The van der Waals surface area contributed by atoms with E-state index in [1.165, 1.54) is 11.3 Å². The fourth-order valence-corrected chi connectivity index (χ4v) is 3.64. The predicted molar refractivity (Wildman–Crippen MR) is 93.4 cm³/mol. The number of likely N-dealkylation sites (tertiary alicyclic amines) is 1.